The number of amides is 2. The third kappa shape index (κ3) is 4.86. The first-order valence-electron chi connectivity index (χ1n) is 5.71. The van der Waals surface area contributed by atoms with Gasteiger partial charge >= 0.3 is 12.0 Å². The average molecular weight is 254 g/mol. The summed E-state index contributed by atoms with van der Waals surface area (Å²) in [6.45, 7) is 4.26. The second-order valence-electron chi connectivity index (χ2n) is 4.40. The molecule has 3 N–H and O–H groups in total. The molecule has 0 bridgehead atoms. The molecular formula is C11H18N4O3. The molecule has 0 aliphatic carbocycles. The number of imidazole rings is 1. The van der Waals surface area contributed by atoms with Crippen LogP contribution in [-0.2, 0) is 11.3 Å². The molecule has 7 nitrogen and oxygen atoms in total. The quantitative estimate of drug-likeness (QED) is 0.694. The van der Waals surface area contributed by atoms with Gasteiger partial charge in [-0.3, -0.25) is 4.79 Å². The molecule has 100 valence electrons. The number of H-pyrrole nitrogens is 1. The van der Waals surface area contributed by atoms with Crippen molar-refractivity contribution >= 4 is 12.0 Å². The van der Waals surface area contributed by atoms with E-state index >= 15 is 0 Å². The van der Waals surface area contributed by atoms with Crippen LogP contribution in [0.2, 0.25) is 0 Å². The van der Waals surface area contributed by atoms with Gasteiger partial charge in [-0.1, -0.05) is 13.8 Å². The number of nitrogens with zero attached hydrogens (tertiary/aromatic N) is 2. The molecule has 2 amide bonds. The molecule has 0 spiro atoms. The third-order valence-corrected chi connectivity index (χ3v) is 2.18. The minimum atomic E-state index is -1.02. The minimum absolute atomic E-state index is 0.210. The first kappa shape index (κ1) is 14.0. The second-order valence-corrected chi connectivity index (χ2v) is 4.40. The molecule has 1 rings (SSSR count). The van der Waals surface area contributed by atoms with Gasteiger partial charge in [0.1, 0.15) is 6.54 Å². The number of carbonyl (C=O) groups excluding carboxylic acids is 1. The maximum Gasteiger partial charge on any atom is 0.323 e. The lowest BCUT2D eigenvalue weighted by molar-refractivity contribution is -0.137. The highest BCUT2D eigenvalue weighted by Gasteiger charge is 2.17. The van der Waals surface area contributed by atoms with Crippen LogP contribution in [0.25, 0.3) is 0 Å². The van der Waals surface area contributed by atoms with Crippen LogP contribution in [0.1, 0.15) is 19.5 Å². The van der Waals surface area contributed by atoms with E-state index in [4.69, 9.17) is 5.11 Å². The first-order chi connectivity index (χ1) is 8.49. The van der Waals surface area contributed by atoms with Gasteiger partial charge in [-0.05, 0) is 5.92 Å². The van der Waals surface area contributed by atoms with Gasteiger partial charge in [-0.2, -0.15) is 0 Å². The van der Waals surface area contributed by atoms with Crippen LogP contribution in [0.4, 0.5) is 4.79 Å². The van der Waals surface area contributed by atoms with Crippen molar-refractivity contribution in [2.24, 2.45) is 5.92 Å². The average Bonchev–Trinajstić information content (AvgIpc) is 2.76. The van der Waals surface area contributed by atoms with E-state index in [1.165, 1.54) is 11.2 Å². The molecule has 0 atom stereocenters. The Kier molecular flexibility index (Phi) is 5.16. The summed E-state index contributed by atoms with van der Waals surface area (Å²) in [5.41, 5.74) is 0.767. The summed E-state index contributed by atoms with van der Waals surface area (Å²) in [6, 6.07) is -0.388. The summed E-state index contributed by atoms with van der Waals surface area (Å²) in [4.78, 5) is 30.5. The summed E-state index contributed by atoms with van der Waals surface area (Å²) in [5, 5.41) is 11.4. The third-order valence-electron chi connectivity index (χ3n) is 2.18. The van der Waals surface area contributed by atoms with E-state index in [2.05, 4.69) is 15.3 Å². The summed E-state index contributed by atoms with van der Waals surface area (Å²) < 4.78 is 0. The molecule has 1 aromatic rings. The number of carboxylic acid groups (broad SMARTS) is 1. The zero-order chi connectivity index (χ0) is 13.5. The molecule has 0 saturated carbocycles. The molecule has 18 heavy (non-hydrogen) atoms. The van der Waals surface area contributed by atoms with Crippen molar-refractivity contribution in [3.63, 3.8) is 0 Å². The highest BCUT2D eigenvalue weighted by molar-refractivity contribution is 5.80. The van der Waals surface area contributed by atoms with Crippen molar-refractivity contribution in [3.05, 3.63) is 18.2 Å². The highest BCUT2D eigenvalue weighted by atomic mass is 16.4. The molecule has 7 heteroatoms. The van der Waals surface area contributed by atoms with Crippen LogP contribution in [0.3, 0.4) is 0 Å². The smallest absolute Gasteiger partial charge is 0.323 e. The lowest BCUT2D eigenvalue weighted by Crippen LogP contribution is -2.44. The normalized spacial score (nSPS) is 10.4. The van der Waals surface area contributed by atoms with Gasteiger partial charge < -0.3 is 20.3 Å². The summed E-state index contributed by atoms with van der Waals surface area (Å²) in [7, 11) is 0. The van der Waals surface area contributed by atoms with Crippen LogP contribution in [-0.4, -0.2) is 45.1 Å². The number of nitrogens with one attached hydrogen (secondary N) is 2. The predicted molar refractivity (Wildman–Crippen MR) is 64.9 cm³/mol. The lowest BCUT2D eigenvalue weighted by Gasteiger charge is -2.22. The standard InChI is InChI=1S/C11H18N4O3/c1-8(2)5-15(6-10(16)17)11(18)13-4-9-3-12-7-14-9/h3,7-8H,4-6H2,1-2H3,(H,12,14)(H,13,18)(H,16,17). The Bertz CT molecular complexity index is 389. The van der Waals surface area contributed by atoms with Gasteiger partial charge in [0.05, 0.1) is 18.6 Å². The minimum Gasteiger partial charge on any atom is -0.480 e. The largest absolute Gasteiger partial charge is 0.480 e. The Hall–Kier alpha value is -2.05. The molecule has 0 fully saturated rings. The van der Waals surface area contributed by atoms with E-state index in [0.717, 1.165) is 5.69 Å². The van der Waals surface area contributed by atoms with E-state index in [1.54, 1.807) is 6.20 Å². The lowest BCUT2D eigenvalue weighted by atomic mass is 10.2. The van der Waals surface area contributed by atoms with Crippen LogP contribution in [0.15, 0.2) is 12.5 Å². The summed E-state index contributed by atoms with van der Waals surface area (Å²) in [5.74, 6) is -0.811. The van der Waals surface area contributed by atoms with Gasteiger partial charge in [0.25, 0.3) is 0 Å². The van der Waals surface area contributed by atoms with Crippen molar-refractivity contribution in [1.29, 1.82) is 0 Å². The number of aliphatic carboxylic acids is 1. The van der Waals surface area contributed by atoms with Crippen molar-refractivity contribution in [2.45, 2.75) is 20.4 Å². The number of hydrogen-bond donors (Lipinski definition) is 3. The predicted octanol–water partition coefficient (Wildman–Crippen LogP) is 0.662. The van der Waals surface area contributed by atoms with E-state index in [1.807, 2.05) is 13.8 Å². The van der Waals surface area contributed by atoms with Crippen LogP contribution in [0.5, 0.6) is 0 Å². The Balaban J connectivity index is 2.50. The van der Waals surface area contributed by atoms with Crippen molar-refractivity contribution in [1.82, 2.24) is 20.2 Å². The molecule has 0 aliphatic heterocycles. The van der Waals surface area contributed by atoms with Crippen LogP contribution < -0.4 is 5.32 Å². The highest BCUT2D eigenvalue weighted by Crippen LogP contribution is 2.00. The number of hydrogen-bond acceptors (Lipinski definition) is 3. The van der Waals surface area contributed by atoms with E-state index in [0.29, 0.717) is 13.1 Å². The van der Waals surface area contributed by atoms with Crippen molar-refractivity contribution < 1.29 is 14.7 Å². The van der Waals surface area contributed by atoms with Gasteiger partial charge in [0.15, 0.2) is 0 Å². The van der Waals surface area contributed by atoms with Crippen LogP contribution in [0, 0.1) is 5.92 Å². The summed E-state index contributed by atoms with van der Waals surface area (Å²) in [6.07, 6.45) is 3.12. The number of rotatable bonds is 6. The molecule has 0 aliphatic rings. The van der Waals surface area contributed by atoms with Gasteiger partial charge in [-0.25, -0.2) is 9.78 Å². The van der Waals surface area contributed by atoms with Gasteiger partial charge in [0.2, 0.25) is 0 Å². The second kappa shape index (κ2) is 6.63. The Labute approximate surface area is 105 Å². The van der Waals surface area contributed by atoms with E-state index in [-0.39, 0.29) is 18.5 Å². The first-order valence-corrected chi connectivity index (χ1v) is 5.71. The molecule has 0 unspecified atom stereocenters. The molecule has 0 aromatic carbocycles. The molecule has 0 saturated heterocycles. The Morgan fingerprint density at radius 2 is 2.28 bits per heavy atom. The van der Waals surface area contributed by atoms with Crippen LogP contribution >= 0.6 is 0 Å². The SMILES string of the molecule is CC(C)CN(CC(=O)O)C(=O)NCc1cnc[nH]1. The number of carbonyl (C=O) groups is 2. The monoisotopic (exact) mass is 254 g/mol. The molecular weight excluding hydrogens is 236 g/mol. The van der Waals surface area contributed by atoms with Gasteiger partial charge in [0, 0.05) is 12.7 Å². The number of urea groups is 1. The molecule has 0 radical (unpaired) electrons. The van der Waals surface area contributed by atoms with Crippen molar-refractivity contribution in [2.75, 3.05) is 13.1 Å². The van der Waals surface area contributed by atoms with E-state index in [9.17, 15) is 9.59 Å². The Morgan fingerprint density at radius 3 is 2.78 bits per heavy atom. The fourth-order valence-electron chi connectivity index (χ4n) is 1.49. The molecule has 1 heterocycles. The van der Waals surface area contributed by atoms with Crippen molar-refractivity contribution in [3.8, 4) is 0 Å². The molecule has 1 aromatic heterocycles. The number of carboxylic acids is 1. The topological polar surface area (TPSA) is 98.3 Å². The zero-order valence-electron chi connectivity index (χ0n) is 10.5. The summed E-state index contributed by atoms with van der Waals surface area (Å²) >= 11 is 0. The Morgan fingerprint density at radius 1 is 1.56 bits per heavy atom. The zero-order valence-corrected chi connectivity index (χ0v) is 10.5. The number of aromatic amines is 1. The van der Waals surface area contributed by atoms with E-state index < -0.39 is 5.97 Å². The van der Waals surface area contributed by atoms with Gasteiger partial charge in [-0.15, -0.1) is 0 Å². The maximum absolute atomic E-state index is 11.8. The fraction of sp³-hybridized carbons (Fsp3) is 0.545. The fourth-order valence-corrected chi connectivity index (χ4v) is 1.49. The maximum atomic E-state index is 11.8. The number of aromatic nitrogens is 2.